The molecule has 0 aromatic carbocycles. The largest absolute Gasteiger partial charge is 0.481 e. The Kier molecular flexibility index (Phi) is 3.91. The summed E-state index contributed by atoms with van der Waals surface area (Å²) in [5.74, 6) is -0.958. The van der Waals surface area contributed by atoms with Crippen LogP contribution in [0.3, 0.4) is 0 Å². The maximum absolute atomic E-state index is 12.6. The second kappa shape index (κ2) is 5.08. The quantitative estimate of drug-likeness (QED) is 0.829. The van der Waals surface area contributed by atoms with E-state index in [0.29, 0.717) is 12.8 Å². The molecule has 1 aromatic heterocycles. The summed E-state index contributed by atoms with van der Waals surface area (Å²) in [5, 5.41) is 16.6. The number of aliphatic carboxylic acids is 1. The molecule has 1 atom stereocenters. The molecule has 1 unspecified atom stereocenters. The van der Waals surface area contributed by atoms with Gasteiger partial charge in [0.2, 0.25) is 5.03 Å². The number of aromatic nitrogens is 3. The van der Waals surface area contributed by atoms with E-state index >= 15 is 0 Å². The molecule has 1 aliphatic rings. The third kappa shape index (κ3) is 2.25. The summed E-state index contributed by atoms with van der Waals surface area (Å²) in [6.45, 7) is 1.91. The molecule has 8 nitrogen and oxygen atoms in total. The van der Waals surface area contributed by atoms with E-state index in [1.54, 1.807) is 6.92 Å². The predicted molar refractivity (Wildman–Crippen MR) is 72.4 cm³/mol. The van der Waals surface area contributed by atoms with Gasteiger partial charge in [-0.25, -0.2) is 13.1 Å². The number of rotatable bonds is 4. The molecule has 1 N–H and O–H groups in total. The fourth-order valence-corrected chi connectivity index (χ4v) is 4.93. The lowest BCUT2D eigenvalue weighted by Gasteiger charge is -2.22. The topological polar surface area (TPSA) is 105 Å². The second-order valence-corrected chi connectivity index (χ2v) is 7.44. The minimum absolute atomic E-state index is 0.0290. The van der Waals surface area contributed by atoms with Crippen molar-refractivity contribution < 1.29 is 18.3 Å². The molecule has 0 amide bonds. The van der Waals surface area contributed by atoms with Crippen molar-refractivity contribution in [2.75, 3.05) is 13.1 Å². The number of nitrogens with zero attached hydrogens (tertiary/aromatic N) is 4. The van der Waals surface area contributed by atoms with Gasteiger partial charge in [0.1, 0.15) is 0 Å². The minimum Gasteiger partial charge on any atom is -0.481 e. The molecule has 1 aromatic rings. The SMILES string of the molecule is CCC1(C(=O)O)CCN(S(=O)(=O)c2c(Br)nnn2C)C1. The van der Waals surface area contributed by atoms with Gasteiger partial charge in [-0.15, -0.1) is 5.10 Å². The highest BCUT2D eigenvalue weighted by Crippen LogP contribution is 2.37. The number of halogens is 1. The first-order valence-corrected chi connectivity index (χ1v) is 8.26. The zero-order valence-corrected chi connectivity index (χ0v) is 13.5. The van der Waals surface area contributed by atoms with Gasteiger partial charge in [0, 0.05) is 20.1 Å². The molecule has 0 aliphatic carbocycles. The van der Waals surface area contributed by atoms with E-state index in [-0.39, 0.29) is 22.7 Å². The molecule has 0 spiro atoms. The van der Waals surface area contributed by atoms with E-state index in [0.717, 1.165) is 4.68 Å². The van der Waals surface area contributed by atoms with E-state index in [2.05, 4.69) is 26.2 Å². The highest BCUT2D eigenvalue weighted by Gasteiger charge is 2.48. The van der Waals surface area contributed by atoms with Crippen molar-refractivity contribution in [3.05, 3.63) is 4.60 Å². The first kappa shape index (κ1) is 15.4. The fourth-order valence-electron chi connectivity index (χ4n) is 2.37. The summed E-state index contributed by atoms with van der Waals surface area (Å²) in [6, 6.07) is 0. The Balaban J connectivity index is 2.37. The van der Waals surface area contributed by atoms with Crippen LogP contribution in [-0.2, 0) is 21.9 Å². The van der Waals surface area contributed by atoms with Crippen LogP contribution < -0.4 is 0 Å². The molecule has 10 heteroatoms. The van der Waals surface area contributed by atoms with Gasteiger partial charge in [-0.05, 0) is 28.8 Å². The van der Waals surface area contributed by atoms with Gasteiger partial charge < -0.3 is 5.11 Å². The minimum atomic E-state index is -3.81. The third-order valence-corrected chi connectivity index (χ3v) is 6.50. The Hall–Kier alpha value is -1.00. The van der Waals surface area contributed by atoms with Crippen molar-refractivity contribution in [2.45, 2.75) is 24.8 Å². The number of aryl methyl sites for hydroxylation is 1. The standard InChI is InChI=1S/C10H15BrN4O4S/c1-3-10(9(16)17)4-5-15(6-10)20(18,19)8-7(11)12-13-14(8)2/h3-6H2,1-2H3,(H,16,17). The second-order valence-electron chi connectivity index (χ2n) is 4.84. The zero-order valence-electron chi connectivity index (χ0n) is 11.1. The van der Waals surface area contributed by atoms with Crippen LogP contribution in [0.2, 0.25) is 0 Å². The van der Waals surface area contributed by atoms with Gasteiger partial charge in [-0.2, -0.15) is 4.31 Å². The molecule has 2 heterocycles. The molecule has 1 saturated heterocycles. The molecule has 0 bridgehead atoms. The first-order valence-electron chi connectivity index (χ1n) is 6.03. The molecule has 0 radical (unpaired) electrons. The van der Waals surface area contributed by atoms with Crippen LogP contribution in [0.1, 0.15) is 19.8 Å². The molecular formula is C10H15BrN4O4S. The van der Waals surface area contributed by atoms with E-state index in [4.69, 9.17) is 0 Å². The maximum Gasteiger partial charge on any atom is 0.311 e. The van der Waals surface area contributed by atoms with Crippen LogP contribution in [-0.4, -0.2) is 51.9 Å². The Labute approximate surface area is 124 Å². The predicted octanol–water partition coefficient (Wildman–Crippen LogP) is 0.453. The molecule has 2 rings (SSSR count). The first-order chi connectivity index (χ1) is 9.24. The fraction of sp³-hybridized carbons (Fsp3) is 0.700. The molecule has 112 valence electrons. The molecule has 1 aliphatic heterocycles. The van der Waals surface area contributed by atoms with Gasteiger partial charge in [-0.3, -0.25) is 4.79 Å². The summed E-state index contributed by atoms with van der Waals surface area (Å²) in [6.07, 6.45) is 0.695. The number of hydrogen-bond acceptors (Lipinski definition) is 5. The molecule has 20 heavy (non-hydrogen) atoms. The monoisotopic (exact) mass is 366 g/mol. The Morgan fingerprint density at radius 2 is 2.20 bits per heavy atom. The van der Waals surface area contributed by atoms with Crippen molar-refractivity contribution in [3.8, 4) is 0 Å². The number of sulfonamides is 1. The summed E-state index contributed by atoms with van der Waals surface area (Å²) < 4.78 is 27.6. The van der Waals surface area contributed by atoms with Crippen molar-refractivity contribution >= 4 is 31.9 Å². The van der Waals surface area contributed by atoms with Crippen LogP contribution in [0.15, 0.2) is 9.63 Å². The Morgan fingerprint density at radius 1 is 1.55 bits per heavy atom. The van der Waals surface area contributed by atoms with Crippen molar-refractivity contribution in [3.63, 3.8) is 0 Å². The van der Waals surface area contributed by atoms with Crippen molar-refractivity contribution in [1.82, 2.24) is 19.3 Å². The average Bonchev–Trinajstić information content (AvgIpc) is 2.95. The van der Waals surface area contributed by atoms with Gasteiger partial charge in [0.05, 0.1) is 5.41 Å². The average molecular weight is 367 g/mol. The Morgan fingerprint density at radius 3 is 2.60 bits per heavy atom. The van der Waals surface area contributed by atoms with Gasteiger partial charge in [0.25, 0.3) is 10.0 Å². The Bertz CT molecular complexity index is 624. The number of carboxylic acid groups (broad SMARTS) is 1. The highest BCUT2D eigenvalue weighted by atomic mass is 79.9. The van der Waals surface area contributed by atoms with Crippen molar-refractivity contribution in [1.29, 1.82) is 0 Å². The summed E-state index contributed by atoms with van der Waals surface area (Å²) >= 11 is 3.06. The lowest BCUT2D eigenvalue weighted by molar-refractivity contribution is -0.148. The van der Waals surface area contributed by atoms with Crippen LogP contribution in [0.4, 0.5) is 0 Å². The van der Waals surface area contributed by atoms with E-state index in [1.165, 1.54) is 11.4 Å². The van der Waals surface area contributed by atoms with Gasteiger partial charge in [-0.1, -0.05) is 12.1 Å². The normalized spacial score (nSPS) is 24.1. The van der Waals surface area contributed by atoms with E-state index < -0.39 is 21.4 Å². The van der Waals surface area contributed by atoms with E-state index in [1.807, 2.05) is 0 Å². The lowest BCUT2D eigenvalue weighted by atomic mass is 9.85. The van der Waals surface area contributed by atoms with Crippen LogP contribution >= 0.6 is 15.9 Å². The number of carboxylic acids is 1. The maximum atomic E-state index is 12.6. The smallest absolute Gasteiger partial charge is 0.311 e. The molecular weight excluding hydrogens is 352 g/mol. The highest BCUT2D eigenvalue weighted by molar-refractivity contribution is 9.10. The van der Waals surface area contributed by atoms with Crippen LogP contribution in [0, 0.1) is 5.41 Å². The number of carbonyl (C=O) groups is 1. The van der Waals surface area contributed by atoms with Gasteiger partial charge in [0.15, 0.2) is 4.60 Å². The van der Waals surface area contributed by atoms with Gasteiger partial charge >= 0.3 is 5.97 Å². The van der Waals surface area contributed by atoms with Crippen LogP contribution in [0.25, 0.3) is 0 Å². The third-order valence-electron chi connectivity index (χ3n) is 3.77. The molecule has 0 saturated carbocycles. The van der Waals surface area contributed by atoms with E-state index in [9.17, 15) is 18.3 Å². The molecule has 1 fully saturated rings. The zero-order chi connectivity index (χ0) is 15.1. The summed E-state index contributed by atoms with van der Waals surface area (Å²) in [5.41, 5.74) is -1.01. The van der Waals surface area contributed by atoms with Crippen molar-refractivity contribution in [2.24, 2.45) is 12.5 Å². The number of hydrogen-bond donors (Lipinski definition) is 1. The lowest BCUT2D eigenvalue weighted by Crippen LogP contribution is -2.37. The van der Waals surface area contributed by atoms with Crippen LogP contribution in [0.5, 0.6) is 0 Å². The summed E-state index contributed by atoms with van der Waals surface area (Å²) in [4.78, 5) is 11.4. The summed E-state index contributed by atoms with van der Waals surface area (Å²) in [7, 11) is -2.33.